The van der Waals surface area contributed by atoms with Gasteiger partial charge in [-0.15, -0.1) is 0 Å². The summed E-state index contributed by atoms with van der Waals surface area (Å²) in [6.07, 6.45) is 18.7. The Kier molecular flexibility index (Phi) is 12.2. The topological polar surface area (TPSA) is 52.3 Å². The van der Waals surface area contributed by atoms with Gasteiger partial charge in [0.05, 0.1) is 25.9 Å². The standard InChI is InChI=1S/C42H53F5N4OSi/c1-29-24-34-33-18-11-12-19-37(33)50-39(34)40(38-35(44)25-30(26-36(38)45)49-23-22-48-21-13-20-43)51(29)27-42(46,47)28-52-53(41(2,3)4,31-14-7-5-8-15-31)32-16-9-6-10-17-32/h5-12,14,16,18-19,25-26,29,31-32,40,48-50H,13,15,17,20-24,27-28H2,1-4H3/t29-,31?,32?,40-,53?/m1/s1. The van der Waals surface area contributed by atoms with E-state index in [1.165, 1.54) is 12.1 Å². The third-order valence-corrected chi connectivity index (χ3v) is 17.2. The van der Waals surface area contributed by atoms with E-state index in [0.29, 0.717) is 38.2 Å². The summed E-state index contributed by atoms with van der Waals surface area (Å²) in [6.45, 7) is 7.59. The highest BCUT2D eigenvalue weighted by atomic mass is 28.4. The van der Waals surface area contributed by atoms with Crippen LogP contribution in [0.5, 0.6) is 0 Å². The fourth-order valence-electron chi connectivity index (χ4n) is 8.78. The third kappa shape index (κ3) is 8.28. The van der Waals surface area contributed by atoms with Gasteiger partial charge in [-0.25, -0.2) is 17.6 Å². The van der Waals surface area contributed by atoms with E-state index in [0.717, 1.165) is 29.3 Å². The van der Waals surface area contributed by atoms with Crippen molar-refractivity contribution < 1.29 is 26.4 Å². The van der Waals surface area contributed by atoms with Crippen LogP contribution in [0.25, 0.3) is 10.9 Å². The molecule has 2 heterocycles. The Labute approximate surface area is 311 Å². The maximum atomic E-state index is 16.8. The van der Waals surface area contributed by atoms with Crippen LogP contribution in [0.15, 0.2) is 85.0 Å². The maximum absolute atomic E-state index is 16.8. The Balaban J connectivity index is 1.33. The maximum Gasteiger partial charge on any atom is 0.282 e. The molecule has 0 saturated carbocycles. The third-order valence-electron chi connectivity index (χ3n) is 11.2. The number of hydrogen-bond acceptors (Lipinski definition) is 4. The Bertz CT molecular complexity index is 1790. The largest absolute Gasteiger partial charge is 0.409 e. The minimum Gasteiger partial charge on any atom is -0.409 e. The zero-order valence-electron chi connectivity index (χ0n) is 31.2. The van der Waals surface area contributed by atoms with Crippen molar-refractivity contribution in [2.75, 3.05) is 44.8 Å². The second-order valence-electron chi connectivity index (χ2n) is 15.8. The predicted octanol–water partition coefficient (Wildman–Crippen LogP) is 10.3. The van der Waals surface area contributed by atoms with Crippen LogP contribution in [-0.4, -0.2) is 69.6 Å². The average molecular weight is 753 g/mol. The number of rotatable bonds is 15. The summed E-state index contributed by atoms with van der Waals surface area (Å²) in [7, 11) is -3.02. The lowest BCUT2D eigenvalue weighted by Crippen LogP contribution is -2.57. The van der Waals surface area contributed by atoms with Gasteiger partial charge in [-0.2, -0.15) is 0 Å². The molecule has 0 bridgehead atoms. The smallest absolute Gasteiger partial charge is 0.282 e. The number of hydrogen-bond donors (Lipinski definition) is 3. The molecule has 0 amide bonds. The number of alkyl halides is 3. The number of halogens is 5. The molecule has 2 aliphatic carbocycles. The molecule has 3 N–H and O–H groups in total. The van der Waals surface area contributed by atoms with Crippen molar-refractivity contribution in [1.82, 2.24) is 15.2 Å². The van der Waals surface area contributed by atoms with Crippen LogP contribution in [0.2, 0.25) is 16.1 Å². The first kappa shape index (κ1) is 39.2. The molecule has 1 aliphatic heterocycles. The second-order valence-corrected chi connectivity index (χ2v) is 20.6. The number of H-pyrrole nitrogens is 1. The van der Waals surface area contributed by atoms with Crippen molar-refractivity contribution in [3.63, 3.8) is 0 Å². The highest BCUT2D eigenvalue weighted by Gasteiger charge is 2.57. The fraction of sp³-hybridized carbons (Fsp3) is 0.476. The average Bonchev–Trinajstić information content (AvgIpc) is 3.49. The van der Waals surface area contributed by atoms with Gasteiger partial charge >= 0.3 is 0 Å². The molecule has 2 aromatic carbocycles. The van der Waals surface area contributed by atoms with E-state index in [9.17, 15) is 4.39 Å². The molecule has 286 valence electrons. The molecule has 5 nitrogen and oxygen atoms in total. The summed E-state index contributed by atoms with van der Waals surface area (Å²) < 4.78 is 85.4. The van der Waals surface area contributed by atoms with Crippen molar-refractivity contribution >= 4 is 24.9 Å². The van der Waals surface area contributed by atoms with Gasteiger partial charge in [-0.1, -0.05) is 87.6 Å². The minimum absolute atomic E-state index is 0.00116. The number of fused-ring (bicyclic) bond motifs is 3. The van der Waals surface area contributed by atoms with Crippen LogP contribution in [0.4, 0.5) is 27.6 Å². The summed E-state index contributed by atoms with van der Waals surface area (Å²) in [5.74, 6) is -4.98. The van der Waals surface area contributed by atoms with E-state index in [-0.39, 0.29) is 27.4 Å². The normalized spacial score (nSPS) is 23.0. The Morgan fingerprint density at radius 1 is 0.925 bits per heavy atom. The van der Waals surface area contributed by atoms with Crippen LogP contribution in [-0.2, 0) is 10.8 Å². The van der Waals surface area contributed by atoms with Gasteiger partial charge in [0.1, 0.15) is 11.6 Å². The highest BCUT2D eigenvalue weighted by molar-refractivity contribution is 6.80. The van der Waals surface area contributed by atoms with Crippen molar-refractivity contribution in [2.45, 2.75) is 87.5 Å². The van der Waals surface area contributed by atoms with E-state index >= 15 is 17.6 Å². The molecule has 3 aliphatic rings. The quantitative estimate of drug-likeness (QED) is 0.0822. The molecule has 0 spiro atoms. The Hall–Kier alpha value is -3.51. The second kappa shape index (κ2) is 16.5. The number of anilines is 1. The molecule has 0 fully saturated rings. The van der Waals surface area contributed by atoms with E-state index in [4.69, 9.17) is 4.43 Å². The van der Waals surface area contributed by atoms with Crippen molar-refractivity contribution in [1.29, 1.82) is 0 Å². The Morgan fingerprint density at radius 3 is 2.19 bits per heavy atom. The highest BCUT2D eigenvalue weighted by Crippen LogP contribution is 2.56. The van der Waals surface area contributed by atoms with E-state index in [1.54, 1.807) is 4.90 Å². The predicted molar refractivity (Wildman–Crippen MR) is 208 cm³/mol. The van der Waals surface area contributed by atoms with Crippen molar-refractivity contribution in [2.24, 2.45) is 0 Å². The SMILES string of the molecule is C[C@@H]1Cc2c([nH]c3ccccc23)[C@@H](c2c(F)cc(NCCNCCCF)cc2F)N1CC(F)(F)CO[Si](C1C=CC=CC1)(C1C=CC=CC1)C(C)(C)C. The molecule has 53 heavy (non-hydrogen) atoms. The van der Waals surface area contributed by atoms with Gasteiger partial charge in [-0.3, -0.25) is 9.29 Å². The van der Waals surface area contributed by atoms with Crippen LogP contribution in [0, 0.1) is 11.6 Å². The number of benzene rings is 2. The van der Waals surface area contributed by atoms with Gasteiger partial charge < -0.3 is 20.0 Å². The first-order chi connectivity index (χ1) is 25.4. The number of nitrogens with zero attached hydrogens (tertiary/aromatic N) is 1. The van der Waals surface area contributed by atoms with Gasteiger partial charge in [0, 0.05) is 58.1 Å². The van der Waals surface area contributed by atoms with Gasteiger partial charge in [-0.05, 0) is 68.0 Å². The molecule has 3 aromatic rings. The zero-order chi connectivity index (χ0) is 37.8. The molecule has 11 heteroatoms. The molecule has 6 rings (SSSR count). The Morgan fingerprint density at radius 2 is 1.58 bits per heavy atom. The summed E-state index contributed by atoms with van der Waals surface area (Å²) in [4.78, 5) is 4.92. The molecule has 1 aromatic heterocycles. The lowest BCUT2D eigenvalue weighted by molar-refractivity contribution is -0.0844. The van der Waals surface area contributed by atoms with Crippen LogP contribution in [0.1, 0.15) is 69.8 Å². The summed E-state index contributed by atoms with van der Waals surface area (Å²) in [6, 6.07) is 8.48. The summed E-state index contributed by atoms with van der Waals surface area (Å²) in [5, 5.41) is 6.63. The molecule has 2 unspecified atom stereocenters. The number of aromatic amines is 1. The molecule has 0 saturated heterocycles. The number of aromatic nitrogens is 1. The molecular weight excluding hydrogens is 700 g/mol. The van der Waals surface area contributed by atoms with Crippen molar-refractivity contribution in [3.8, 4) is 0 Å². The molecular formula is C42H53F5N4OSi. The van der Waals surface area contributed by atoms with Crippen LogP contribution >= 0.6 is 0 Å². The summed E-state index contributed by atoms with van der Waals surface area (Å²) >= 11 is 0. The first-order valence-electron chi connectivity index (χ1n) is 18.9. The van der Waals surface area contributed by atoms with Gasteiger partial charge in [0.25, 0.3) is 5.92 Å². The lowest BCUT2D eigenvalue weighted by atomic mass is 9.87. The lowest BCUT2D eigenvalue weighted by Gasteiger charge is -2.51. The minimum atomic E-state index is -3.34. The van der Waals surface area contributed by atoms with E-state index in [2.05, 4.69) is 60.7 Å². The van der Waals surface area contributed by atoms with Crippen LogP contribution < -0.4 is 10.6 Å². The zero-order valence-corrected chi connectivity index (χ0v) is 32.2. The number of allylic oxidation sites excluding steroid dienone is 8. The monoisotopic (exact) mass is 752 g/mol. The van der Waals surface area contributed by atoms with Crippen molar-refractivity contribution in [3.05, 3.63) is 113 Å². The number of nitrogens with one attached hydrogen (secondary N) is 3. The molecule has 0 radical (unpaired) electrons. The molecule has 4 atom stereocenters. The summed E-state index contributed by atoms with van der Waals surface area (Å²) in [5.41, 5.74) is 2.16. The van der Waals surface area contributed by atoms with E-state index in [1.807, 2.05) is 55.5 Å². The fourth-order valence-corrected chi connectivity index (χ4v) is 14.6. The number of para-hydroxylation sites is 1. The van der Waals surface area contributed by atoms with Gasteiger partial charge in [0.15, 0.2) is 0 Å². The van der Waals surface area contributed by atoms with Crippen LogP contribution in [0.3, 0.4) is 0 Å². The van der Waals surface area contributed by atoms with Gasteiger partial charge in [0.2, 0.25) is 8.32 Å². The first-order valence-corrected chi connectivity index (χ1v) is 21.0. The van der Waals surface area contributed by atoms with E-state index < -0.39 is 57.8 Å².